The van der Waals surface area contributed by atoms with Gasteiger partial charge < -0.3 is 11.1 Å². The summed E-state index contributed by atoms with van der Waals surface area (Å²) in [7, 11) is 0. The number of nitrogens with zero attached hydrogens (tertiary/aromatic N) is 1. The van der Waals surface area contributed by atoms with Crippen LogP contribution in [0, 0.1) is 6.92 Å². The molecule has 1 aromatic carbocycles. The molecule has 0 radical (unpaired) electrons. The highest BCUT2D eigenvalue weighted by atomic mass is 35.5. The molecule has 2 rings (SSSR count). The molecule has 0 aliphatic carbocycles. The van der Waals surface area contributed by atoms with Crippen molar-refractivity contribution < 1.29 is 4.79 Å². The van der Waals surface area contributed by atoms with Crippen molar-refractivity contribution in [2.45, 2.75) is 25.8 Å². The largest absolute Gasteiger partial charge is 0.392 e. The molecule has 1 aromatic rings. The Balaban J connectivity index is 1.90. The van der Waals surface area contributed by atoms with Crippen molar-refractivity contribution in [3.05, 3.63) is 34.3 Å². The Morgan fingerprint density at radius 2 is 2.14 bits per heavy atom. The van der Waals surface area contributed by atoms with Gasteiger partial charge >= 0.3 is 0 Å². The predicted molar refractivity (Wildman–Crippen MR) is 89.9 cm³/mol. The van der Waals surface area contributed by atoms with Crippen LogP contribution in [0.15, 0.2) is 18.2 Å². The highest BCUT2D eigenvalue weighted by Crippen LogP contribution is 2.21. The molecule has 114 valence electrons. The number of carbonyl (C=O) groups excluding carboxylic acids is 1. The number of halogens is 1. The highest BCUT2D eigenvalue weighted by molar-refractivity contribution is 7.80. The molecular weight excluding hydrogens is 306 g/mol. The van der Waals surface area contributed by atoms with Crippen molar-refractivity contribution in [2.24, 2.45) is 5.73 Å². The lowest BCUT2D eigenvalue weighted by atomic mass is 10.0. The van der Waals surface area contributed by atoms with Crippen molar-refractivity contribution in [3.8, 4) is 0 Å². The third kappa shape index (κ3) is 4.40. The van der Waals surface area contributed by atoms with Crippen LogP contribution in [-0.2, 0) is 0 Å². The molecule has 0 saturated carbocycles. The van der Waals surface area contributed by atoms with Gasteiger partial charge in [0.25, 0.3) is 5.91 Å². The fourth-order valence-corrected chi connectivity index (χ4v) is 2.94. The summed E-state index contributed by atoms with van der Waals surface area (Å²) in [6, 6.07) is 5.68. The van der Waals surface area contributed by atoms with E-state index in [4.69, 9.17) is 29.6 Å². The van der Waals surface area contributed by atoms with Crippen molar-refractivity contribution in [1.82, 2.24) is 10.2 Å². The number of likely N-dealkylation sites (tertiary alicyclic amines) is 1. The summed E-state index contributed by atoms with van der Waals surface area (Å²) in [5.41, 5.74) is 7.01. The molecule has 0 atom stereocenters. The molecule has 1 aliphatic rings. The first kappa shape index (κ1) is 16.2. The number of aryl methyl sites for hydroxylation is 1. The Kier molecular flexibility index (Phi) is 5.56. The van der Waals surface area contributed by atoms with Gasteiger partial charge in [0.15, 0.2) is 0 Å². The van der Waals surface area contributed by atoms with Gasteiger partial charge in [-0.25, -0.2) is 0 Å². The molecule has 0 bridgehead atoms. The van der Waals surface area contributed by atoms with Crippen LogP contribution in [0.25, 0.3) is 0 Å². The lowest BCUT2D eigenvalue weighted by Crippen LogP contribution is -2.46. The standard InChI is InChI=1S/C15H20ClN3OS/c1-10-3-2-4-12(14(10)16)15(20)18-11-5-7-19(8-6-11)9-13(17)21/h2-4,11H,5-9H2,1H3,(H2,17,21)(H,18,20). The lowest BCUT2D eigenvalue weighted by Gasteiger charge is -2.32. The Morgan fingerprint density at radius 3 is 2.76 bits per heavy atom. The molecule has 21 heavy (non-hydrogen) atoms. The first-order chi connectivity index (χ1) is 9.97. The molecule has 0 spiro atoms. The molecule has 1 aliphatic heterocycles. The van der Waals surface area contributed by atoms with E-state index in [1.807, 2.05) is 19.1 Å². The molecule has 1 amide bonds. The maximum Gasteiger partial charge on any atom is 0.253 e. The lowest BCUT2D eigenvalue weighted by molar-refractivity contribution is 0.0915. The van der Waals surface area contributed by atoms with Crippen LogP contribution in [0.5, 0.6) is 0 Å². The maximum absolute atomic E-state index is 12.3. The normalized spacial score (nSPS) is 16.7. The van der Waals surface area contributed by atoms with Gasteiger partial charge in [-0.05, 0) is 31.4 Å². The van der Waals surface area contributed by atoms with Gasteiger partial charge in [-0.3, -0.25) is 9.69 Å². The zero-order chi connectivity index (χ0) is 15.4. The molecule has 1 heterocycles. The number of thiocarbonyl (C=S) groups is 1. The Morgan fingerprint density at radius 1 is 1.48 bits per heavy atom. The number of piperidine rings is 1. The van der Waals surface area contributed by atoms with E-state index < -0.39 is 0 Å². The summed E-state index contributed by atoms with van der Waals surface area (Å²) < 4.78 is 0. The SMILES string of the molecule is Cc1cccc(C(=O)NC2CCN(CC(N)=S)CC2)c1Cl. The average Bonchev–Trinajstić information content (AvgIpc) is 2.43. The van der Waals surface area contributed by atoms with Crippen LogP contribution in [0.2, 0.25) is 5.02 Å². The third-order valence-electron chi connectivity index (χ3n) is 3.74. The Bertz CT molecular complexity index is 542. The van der Waals surface area contributed by atoms with Gasteiger partial charge in [-0.1, -0.05) is 36.0 Å². The predicted octanol–water partition coefficient (Wildman–Crippen LogP) is 2.13. The summed E-state index contributed by atoms with van der Waals surface area (Å²) in [5, 5.41) is 3.59. The molecule has 0 unspecified atom stereocenters. The number of benzene rings is 1. The fraction of sp³-hybridized carbons (Fsp3) is 0.467. The number of carbonyl (C=O) groups is 1. The van der Waals surface area contributed by atoms with E-state index in [9.17, 15) is 4.79 Å². The number of hydrogen-bond acceptors (Lipinski definition) is 3. The summed E-state index contributed by atoms with van der Waals surface area (Å²) in [6.45, 7) is 4.33. The summed E-state index contributed by atoms with van der Waals surface area (Å²) >= 11 is 11.1. The second-order valence-corrected chi connectivity index (χ2v) is 6.33. The number of rotatable bonds is 4. The van der Waals surface area contributed by atoms with E-state index in [-0.39, 0.29) is 11.9 Å². The molecular formula is C15H20ClN3OS. The molecule has 4 nitrogen and oxygen atoms in total. The minimum absolute atomic E-state index is 0.100. The number of nitrogens with two attached hydrogens (primary N) is 1. The highest BCUT2D eigenvalue weighted by Gasteiger charge is 2.22. The number of nitrogens with one attached hydrogen (secondary N) is 1. The van der Waals surface area contributed by atoms with Gasteiger partial charge in [0, 0.05) is 25.7 Å². The third-order valence-corrected chi connectivity index (χ3v) is 4.37. The molecule has 0 aromatic heterocycles. The van der Waals surface area contributed by atoms with E-state index in [1.54, 1.807) is 6.07 Å². The van der Waals surface area contributed by atoms with Gasteiger partial charge in [0.2, 0.25) is 0 Å². The number of hydrogen-bond donors (Lipinski definition) is 2. The van der Waals surface area contributed by atoms with Gasteiger partial charge in [0.1, 0.15) is 0 Å². The Hall–Kier alpha value is -1.17. The summed E-state index contributed by atoms with van der Waals surface area (Å²) in [6.07, 6.45) is 1.80. The quantitative estimate of drug-likeness (QED) is 0.833. The molecule has 6 heteroatoms. The minimum atomic E-state index is -0.100. The first-order valence-corrected chi connectivity index (χ1v) is 7.82. The van der Waals surface area contributed by atoms with Crippen LogP contribution in [0.4, 0.5) is 0 Å². The monoisotopic (exact) mass is 325 g/mol. The second kappa shape index (κ2) is 7.20. The smallest absolute Gasteiger partial charge is 0.253 e. The zero-order valence-corrected chi connectivity index (χ0v) is 13.6. The van der Waals surface area contributed by atoms with Crippen molar-refractivity contribution in [3.63, 3.8) is 0 Å². The second-order valence-electron chi connectivity index (χ2n) is 5.43. The maximum atomic E-state index is 12.3. The topological polar surface area (TPSA) is 58.4 Å². The van der Waals surface area contributed by atoms with E-state index in [1.165, 1.54) is 0 Å². The van der Waals surface area contributed by atoms with Crippen LogP contribution in [-0.4, -0.2) is 41.5 Å². The van der Waals surface area contributed by atoms with Crippen molar-refractivity contribution in [2.75, 3.05) is 19.6 Å². The average molecular weight is 326 g/mol. The molecule has 3 N–H and O–H groups in total. The van der Waals surface area contributed by atoms with Crippen LogP contribution in [0.1, 0.15) is 28.8 Å². The zero-order valence-electron chi connectivity index (χ0n) is 12.1. The van der Waals surface area contributed by atoms with Crippen molar-refractivity contribution in [1.29, 1.82) is 0 Å². The van der Waals surface area contributed by atoms with E-state index in [0.717, 1.165) is 31.5 Å². The Labute approximate surface area is 135 Å². The summed E-state index contributed by atoms with van der Waals surface area (Å²) in [5.74, 6) is -0.100. The first-order valence-electron chi connectivity index (χ1n) is 7.04. The van der Waals surface area contributed by atoms with Gasteiger partial charge in [0.05, 0.1) is 15.6 Å². The molecule has 1 saturated heterocycles. The summed E-state index contributed by atoms with van der Waals surface area (Å²) in [4.78, 5) is 15.0. The van der Waals surface area contributed by atoms with E-state index >= 15 is 0 Å². The molecule has 1 fully saturated rings. The van der Waals surface area contributed by atoms with Gasteiger partial charge in [-0.15, -0.1) is 0 Å². The minimum Gasteiger partial charge on any atom is -0.392 e. The van der Waals surface area contributed by atoms with Crippen LogP contribution >= 0.6 is 23.8 Å². The van der Waals surface area contributed by atoms with Crippen molar-refractivity contribution >= 4 is 34.7 Å². The van der Waals surface area contributed by atoms with Crippen LogP contribution < -0.4 is 11.1 Å². The van der Waals surface area contributed by atoms with Crippen LogP contribution in [0.3, 0.4) is 0 Å². The van der Waals surface area contributed by atoms with Gasteiger partial charge in [-0.2, -0.15) is 0 Å². The van der Waals surface area contributed by atoms with E-state index in [0.29, 0.717) is 22.1 Å². The fourth-order valence-electron chi connectivity index (χ4n) is 2.54. The number of amides is 1. The van der Waals surface area contributed by atoms with E-state index in [2.05, 4.69) is 10.2 Å².